The van der Waals surface area contributed by atoms with Crippen LogP contribution in [-0.4, -0.2) is 42.3 Å². The van der Waals surface area contributed by atoms with Gasteiger partial charge in [-0.25, -0.2) is 4.79 Å². The van der Waals surface area contributed by atoms with Gasteiger partial charge in [-0.3, -0.25) is 9.59 Å². The average molecular weight is 467 g/mol. The van der Waals surface area contributed by atoms with E-state index in [9.17, 15) is 14.4 Å². The highest BCUT2D eigenvalue weighted by molar-refractivity contribution is 5.79. The van der Waals surface area contributed by atoms with E-state index in [-0.39, 0.29) is 43.9 Å². The minimum atomic E-state index is -0.935. The maximum Gasteiger partial charge on any atom is 0.407 e. The van der Waals surface area contributed by atoms with Gasteiger partial charge in [0.1, 0.15) is 6.61 Å². The molecule has 0 saturated heterocycles. The van der Waals surface area contributed by atoms with Gasteiger partial charge in [-0.1, -0.05) is 75.7 Å². The van der Waals surface area contributed by atoms with Gasteiger partial charge in [-0.05, 0) is 34.1 Å². The Hall–Kier alpha value is -3.35. The van der Waals surface area contributed by atoms with Gasteiger partial charge in [0.15, 0.2) is 0 Å². The molecule has 0 fully saturated rings. The van der Waals surface area contributed by atoms with Crippen molar-refractivity contribution in [3.63, 3.8) is 0 Å². The van der Waals surface area contributed by atoms with E-state index >= 15 is 0 Å². The number of hydrogen-bond acceptors (Lipinski definition) is 4. The molecule has 2 amide bonds. The van der Waals surface area contributed by atoms with Gasteiger partial charge in [0.2, 0.25) is 5.91 Å². The third-order valence-corrected chi connectivity index (χ3v) is 6.12. The highest BCUT2D eigenvalue weighted by Gasteiger charge is 2.29. The van der Waals surface area contributed by atoms with Crippen LogP contribution < -0.4 is 10.6 Å². The topological polar surface area (TPSA) is 105 Å². The minimum absolute atomic E-state index is 0.0123. The van der Waals surface area contributed by atoms with Crippen molar-refractivity contribution < 1.29 is 24.2 Å². The maximum absolute atomic E-state index is 12.5. The molecule has 0 heterocycles. The molecule has 7 nitrogen and oxygen atoms in total. The number of benzene rings is 2. The molecule has 34 heavy (non-hydrogen) atoms. The molecule has 182 valence electrons. The van der Waals surface area contributed by atoms with Crippen LogP contribution in [0.15, 0.2) is 48.5 Å². The normalized spacial score (nSPS) is 13.5. The summed E-state index contributed by atoms with van der Waals surface area (Å²) < 4.78 is 5.56. The number of hydrogen-bond donors (Lipinski definition) is 3. The lowest BCUT2D eigenvalue weighted by Crippen LogP contribution is -2.41. The van der Waals surface area contributed by atoms with Crippen LogP contribution in [0.1, 0.15) is 63.5 Å². The number of carbonyl (C=O) groups is 3. The number of amides is 2. The Kier molecular flexibility index (Phi) is 8.31. The van der Waals surface area contributed by atoms with Gasteiger partial charge in [0.25, 0.3) is 0 Å². The molecular weight excluding hydrogens is 432 g/mol. The zero-order chi connectivity index (χ0) is 24.7. The summed E-state index contributed by atoms with van der Waals surface area (Å²) in [5, 5.41) is 14.6. The molecule has 1 aliphatic rings. The van der Waals surface area contributed by atoms with Gasteiger partial charge in [0.05, 0.1) is 6.42 Å². The van der Waals surface area contributed by atoms with E-state index < -0.39 is 17.5 Å². The summed E-state index contributed by atoms with van der Waals surface area (Å²) in [4.78, 5) is 35.9. The fraction of sp³-hybridized carbons (Fsp3) is 0.444. The van der Waals surface area contributed by atoms with Crippen LogP contribution in [0, 0.1) is 5.41 Å². The van der Waals surface area contributed by atoms with Crippen molar-refractivity contribution in [2.24, 2.45) is 5.41 Å². The molecule has 0 aliphatic heterocycles. The van der Waals surface area contributed by atoms with E-state index in [1.165, 1.54) is 11.1 Å². The number of aliphatic carboxylic acids is 1. The molecule has 1 atom stereocenters. The summed E-state index contributed by atoms with van der Waals surface area (Å²) in [7, 11) is 0. The maximum atomic E-state index is 12.5. The second-order valence-corrected chi connectivity index (χ2v) is 9.67. The zero-order valence-electron chi connectivity index (χ0n) is 20.1. The summed E-state index contributed by atoms with van der Waals surface area (Å²) in [6.07, 6.45) is 0.931. The molecule has 0 unspecified atom stereocenters. The Morgan fingerprint density at radius 1 is 1.03 bits per heavy atom. The van der Waals surface area contributed by atoms with Crippen LogP contribution in [0.3, 0.4) is 0 Å². The van der Waals surface area contributed by atoms with E-state index in [1.807, 2.05) is 45.0 Å². The average Bonchev–Trinajstić information content (AvgIpc) is 3.09. The second kappa shape index (κ2) is 11.2. The fourth-order valence-corrected chi connectivity index (χ4v) is 4.52. The standard InChI is InChI=1S/C27H34N2O5/c1-4-9-18(14-25(31)32)29-24(30)15-27(2,3)17-28-26(33)34-16-23-21-12-7-5-10-19(21)20-11-6-8-13-22(20)23/h5-8,10-13,18,23H,4,9,14-17H2,1-3H3,(H,28,33)(H,29,30)(H,31,32)/t18-/m1/s1. The smallest absolute Gasteiger partial charge is 0.407 e. The van der Waals surface area contributed by atoms with Gasteiger partial charge in [-0.2, -0.15) is 0 Å². The van der Waals surface area contributed by atoms with Crippen molar-refractivity contribution in [1.82, 2.24) is 10.6 Å². The first-order valence-electron chi connectivity index (χ1n) is 11.8. The monoisotopic (exact) mass is 466 g/mol. The van der Waals surface area contributed by atoms with Crippen molar-refractivity contribution in [1.29, 1.82) is 0 Å². The largest absolute Gasteiger partial charge is 0.481 e. The van der Waals surface area contributed by atoms with Gasteiger partial charge in [0, 0.05) is 24.9 Å². The summed E-state index contributed by atoms with van der Waals surface area (Å²) in [6.45, 7) is 6.19. The number of carboxylic acid groups (broad SMARTS) is 1. The summed E-state index contributed by atoms with van der Waals surface area (Å²) in [6, 6.07) is 15.9. The molecule has 3 N–H and O–H groups in total. The van der Waals surface area contributed by atoms with E-state index in [4.69, 9.17) is 9.84 Å². The molecule has 1 aliphatic carbocycles. The lowest BCUT2D eigenvalue weighted by molar-refractivity contribution is -0.137. The Labute approximate surface area is 200 Å². The van der Waals surface area contributed by atoms with Crippen molar-refractivity contribution >= 4 is 18.0 Å². The van der Waals surface area contributed by atoms with Crippen LogP contribution in [0.4, 0.5) is 4.79 Å². The van der Waals surface area contributed by atoms with Gasteiger partial charge in [-0.15, -0.1) is 0 Å². The highest BCUT2D eigenvalue weighted by Crippen LogP contribution is 2.44. The van der Waals surface area contributed by atoms with E-state index in [0.717, 1.165) is 17.5 Å². The van der Waals surface area contributed by atoms with Crippen LogP contribution in [0.2, 0.25) is 0 Å². The first-order valence-corrected chi connectivity index (χ1v) is 11.8. The number of rotatable bonds is 11. The first kappa shape index (κ1) is 25.3. The third-order valence-electron chi connectivity index (χ3n) is 6.12. The van der Waals surface area contributed by atoms with Gasteiger partial charge < -0.3 is 20.5 Å². The van der Waals surface area contributed by atoms with Crippen molar-refractivity contribution in [3.8, 4) is 11.1 Å². The molecule has 3 rings (SSSR count). The fourth-order valence-electron chi connectivity index (χ4n) is 4.52. The Morgan fingerprint density at radius 3 is 2.18 bits per heavy atom. The third kappa shape index (κ3) is 6.59. The van der Waals surface area contributed by atoms with Crippen LogP contribution >= 0.6 is 0 Å². The number of ether oxygens (including phenoxy) is 1. The lowest BCUT2D eigenvalue weighted by atomic mass is 9.88. The van der Waals surface area contributed by atoms with E-state index in [1.54, 1.807) is 0 Å². The molecule has 0 spiro atoms. The summed E-state index contributed by atoms with van der Waals surface area (Å²) >= 11 is 0. The number of nitrogens with one attached hydrogen (secondary N) is 2. The SMILES string of the molecule is CCC[C@H](CC(=O)O)NC(=O)CC(C)(C)CNC(=O)OCC1c2ccccc2-c2ccccc21. The first-order chi connectivity index (χ1) is 16.2. The number of carboxylic acids is 1. The zero-order valence-corrected chi connectivity index (χ0v) is 20.1. The van der Waals surface area contributed by atoms with E-state index in [0.29, 0.717) is 6.42 Å². The Morgan fingerprint density at radius 2 is 1.62 bits per heavy atom. The number of alkyl carbamates (subject to hydrolysis) is 1. The highest BCUT2D eigenvalue weighted by atomic mass is 16.5. The van der Waals surface area contributed by atoms with Crippen molar-refractivity contribution in [3.05, 3.63) is 59.7 Å². The number of fused-ring (bicyclic) bond motifs is 3. The molecule has 2 aromatic rings. The molecular formula is C27H34N2O5. The van der Waals surface area contributed by atoms with Crippen LogP contribution in [0.5, 0.6) is 0 Å². The minimum Gasteiger partial charge on any atom is -0.481 e. The molecule has 0 aromatic heterocycles. The molecule has 7 heteroatoms. The number of carbonyl (C=O) groups excluding carboxylic acids is 2. The second-order valence-electron chi connectivity index (χ2n) is 9.67. The molecule has 0 radical (unpaired) electrons. The summed E-state index contributed by atoms with van der Waals surface area (Å²) in [5.41, 5.74) is 4.12. The molecule has 2 aromatic carbocycles. The van der Waals surface area contributed by atoms with Crippen molar-refractivity contribution in [2.45, 2.75) is 58.4 Å². The van der Waals surface area contributed by atoms with E-state index in [2.05, 4.69) is 34.9 Å². The Bertz CT molecular complexity index is 988. The van der Waals surface area contributed by atoms with Crippen molar-refractivity contribution in [2.75, 3.05) is 13.2 Å². The quantitative estimate of drug-likeness (QED) is 0.445. The predicted molar refractivity (Wildman–Crippen MR) is 131 cm³/mol. The summed E-state index contributed by atoms with van der Waals surface area (Å²) in [5.74, 6) is -1.17. The predicted octanol–water partition coefficient (Wildman–Crippen LogP) is 4.70. The van der Waals surface area contributed by atoms with Crippen LogP contribution in [0.25, 0.3) is 11.1 Å². The van der Waals surface area contributed by atoms with Crippen LogP contribution in [-0.2, 0) is 14.3 Å². The Balaban J connectivity index is 1.50. The van der Waals surface area contributed by atoms with Gasteiger partial charge >= 0.3 is 12.1 Å². The molecule has 0 saturated carbocycles. The lowest BCUT2D eigenvalue weighted by Gasteiger charge is -2.26. The molecule has 0 bridgehead atoms.